The van der Waals surface area contributed by atoms with Gasteiger partial charge in [-0.2, -0.15) is 0 Å². The Balaban J connectivity index is 2.17. The number of aliphatic hydroxyl groups excluding tert-OH is 1. The second-order valence-corrected chi connectivity index (χ2v) is 5.20. The molecule has 0 radical (unpaired) electrons. The SMILES string of the molecule is COC[C@](C)(CCO)NC(=O)c1ccc2cc[nH]c2c1. The molecule has 1 atom stereocenters. The maximum atomic E-state index is 12.3. The van der Waals surface area contributed by atoms with Crippen LogP contribution in [0, 0.1) is 0 Å². The summed E-state index contributed by atoms with van der Waals surface area (Å²) < 4.78 is 5.12. The molecule has 1 amide bonds. The molecule has 3 N–H and O–H groups in total. The van der Waals surface area contributed by atoms with E-state index < -0.39 is 5.54 Å². The molecular formula is C15H20N2O3. The van der Waals surface area contributed by atoms with Crippen LogP contribution in [0.4, 0.5) is 0 Å². The summed E-state index contributed by atoms with van der Waals surface area (Å²) in [5.74, 6) is -0.172. The number of aromatic nitrogens is 1. The quantitative estimate of drug-likeness (QED) is 0.751. The maximum Gasteiger partial charge on any atom is 0.251 e. The van der Waals surface area contributed by atoms with E-state index in [1.165, 1.54) is 0 Å². The number of amides is 1. The van der Waals surface area contributed by atoms with Crippen molar-refractivity contribution < 1.29 is 14.6 Å². The number of ether oxygens (including phenoxy) is 1. The lowest BCUT2D eigenvalue weighted by Crippen LogP contribution is -2.50. The molecule has 5 nitrogen and oxygen atoms in total. The molecule has 0 unspecified atom stereocenters. The Bertz CT molecular complexity index is 586. The summed E-state index contributed by atoms with van der Waals surface area (Å²) in [7, 11) is 1.58. The van der Waals surface area contributed by atoms with Gasteiger partial charge in [0.1, 0.15) is 0 Å². The summed E-state index contributed by atoms with van der Waals surface area (Å²) in [6.45, 7) is 2.21. The van der Waals surface area contributed by atoms with Crippen LogP contribution in [0.15, 0.2) is 30.5 Å². The predicted molar refractivity (Wildman–Crippen MR) is 77.7 cm³/mol. The third kappa shape index (κ3) is 3.18. The number of benzene rings is 1. The predicted octanol–water partition coefficient (Wildman–Crippen LogP) is 1.69. The molecule has 1 aromatic carbocycles. The zero-order valence-corrected chi connectivity index (χ0v) is 11.8. The molecule has 2 aromatic rings. The number of aromatic amines is 1. The number of fused-ring (bicyclic) bond motifs is 1. The van der Waals surface area contributed by atoms with Crippen molar-refractivity contribution in [3.8, 4) is 0 Å². The minimum Gasteiger partial charge on any atom is -0.396 e. The second kappa shape index (κ2) is 6.07. The van der Waals surface area contributed by atoms with E-state index in [4.69, 9.17) is 9.84 Å². The number of methoxy groups -OCH3 is 1. The lowest BCUT2D eigenvalue weighted by atomic mass is 9.98. The number of nitrogens with one attached hydrogen (secondary N) is 2. The summed E-state index contributed by atoms with van der Waals surface area (Å²) in [5.41, 5.74) is 0.930. The fourth-order valence-electron chi connectivity index (χ4n) is 2.27. The van der Waals surface area contributed by atoms with Crippen LogP contribution in [0.5, 0.6) is 0 Å². The van der Waals surface area contributed by atoms with Gasteiger partial charge in [0.2, 0.25) is 0 Å². The van der Waals surface area contributed by atoms with Crippen LogP contribution in [0.3, 0.4) is 0 Å². The first-order valence-corrected chi connectivity index (χ1v) is 6.57. The molecule has 0 aliphatic heterocycles. The van der Waals surface area contributed by atoms with Crippen LogP contribution in [0.25, 0.3) is 10.9 Å². The Morgan fingerprint density at radius 2 is 2.25 bits per heavy atom. The molecule has 108 valence electrons. The van der Waals surface area contributed by atoms with Crippen molar-refractivity contribution in [2.24, 2.45) is 0 Å². The summed E-state index contributed by atoms with van der Waals surface area (Å²) in [6.07, 6.45) is 2.28. The van der Waals surface area contributed by atoms with E-state index in [1.807, 2.05) is 31.3 Å². The van der Waals surface area contributed by atoms with E-state index in [0.29, 0.717) is 18.6 Å². The first-order valence-electron chi connectivity index (χ1n) is 6.57. The molecule has 5 heteroatoms. The van der Waals surface area contributed by atoms with Gasteiger partial charge >= 0.3 is 0 Å². The van der Waals surface area contributed by atoms with E-state index in [0.717, 1.165) is 10.9 Å². The van der Waals surface area contributed by atoms with Crippen molar-refractivity contribution in [1.82, 2.24) is 10.3 Å². The molecule has 0 bridgehead atoms. The van der Waals surface area contributed by atoms with Crippen LogP contribution in [-0.2, 0) is 4.74 Å². The van der Waals surface area contributed by atoms with Gasteiger partial charge in [-0.1, -0.05) is 6.07 Å². The van der Waals surface area contributed by atoms with Gasteiger partial charge in [0, 0.05) is 31.0 Å². The number of H-pyrrole nitrogens is 1. The molecule has 1 aromatic heterocycles. The number of rotatable bonds is 6. The highest BCUT2D eigenvalue weighted by Crippen LogP contribution is 2.16. The van der Waals surface area contributed by atoms with Crippen LogP contribution >= 0.6 is 0 Å². The van der Waals surface area contributed by atoms with Crippen LogP contribution in [0.1, 0.15) is 23.7 Å². The van der Waals surface area contributed by atoms with Gasteiger partial charge in [-0.05, 0) is 36.9 Å². The van der Waals surface area contributed by atoms with Crippen molar-refractivity contribution in [1.29, 1.82) is 0 Å². The molecule has 0 saturated carbocycles. The molecule has 0 aliphatic rings. The largest absolute Gasteiger partial charge is 0.396 e. The van der Waals surface area contributed by atoms with E-state index >= 15 is 0 Å². The van der Waals surface area contributed by atoms with Crippen LogP contribution in [-0.4, -0.2) is 41.9 Å². The Morgan fingerprint density at radius 3 is 2.95 bits per heavy atom. The van der Waals surface area contributed by atoms with Gasteiger partial charge in [0.05, 0.1) is 12.1 Å². The lowest BCUT2D eigenvalue weighted by Gasteiger charge is -2.29. The summed E-state index contributed by atoms with van der Waals surface area (Å²) in [5, 5.41) is 13.1. The van der Waals surface area contributed by atoms with Gasteiger partial charge in [-0.25, -0.2) is 0 Å². The smallest absolute Gasteiger partial charge is 0.251 e. The van der Waals surface area contributed by atoms with Crippen molar-refractivity contribution in [3.05, 3.63) is 36.0 Å². The zero-order valence-electron chi connectivity index (χ0n) is 11.8. The first-order chi connectivity index (χ1) is 9.58. The topological polar surface area (TPSA) is 74.3 Å². The summed E-state index contributed by atoms with van der Waals surface area (Å²) in [6, 6.07) is 7.47. The Labute approximate surface area is 117 Å². The van der Waals surface area contributed by atoms with E-state index in [1.54, 1.807) is 13.2 Å². The van der Waals surface area contributed by atoms with Gasteiger partial charge in [0.15, 0.2) is 0 Å². The van der Waals surface area contributed by atoms with Crippen molar-refractivity contribution in [2.75, 3.05) is 20.3 Å². The minimum absolute atomic E-state index is 0.00416. The Hall–Kier alpha value is -1.85. The monoisotopic (exact) mass is 276 g/mol. The fraction of sp³-hybridized carbons (Fsp3) is 0.400. The van der Waals surface area contributed by atoms with E-state index in [2.05, 4.69) is 10.3 Å². The molecule has 0 spiro atoms. The molecule has 20 heavy (non-hydrogen) atoms. The van der Waals surface area contributed by atoms with E-state index in [-0.39, 0.29) is 12.5 Å². The highest BCUT2D eigenvalue weighted by atomic mass is 16.5. The average molecular weight is 276 g/mol. The lowest BCUT2D eigenvalue weighted by molar-refractivity contribution is 0.0726. The molecule has 1 heterocycles. The zero-order chi connectivity index (χ0) is 14.6. The Kier molecular flexibility index (Phi) is 4.42. The van der Waals surface area contributed by atoms with E-state index in [9.17, 15) is 4.79 Å². The second-order valence-electron chi connectivity index (χ2n) is 5.20. The van der Waals surface area contributed by atoms with Gasteiger partial charge < -0.3 is 20.1 Å². The molecule has 0 aliphatic carbocycles. The average Bonchev–Trinajstić information content (AvgIpc) is 2.85. The molecule has 2 rings (SSSR count). The number of carbonyl (C=O) groups is 1. The van der Waals surface area contributed by atoms with Crippen molar-refractivity contribution in [2.45, 2.75) is 18.9 Å². The molecule has 0 fully saturated rings. The maximum absolute atomic E-state index is 12.3. The minimum atomic E-state index is -0.578. The number of aliphatic hydroxyl groups is 1. The molecule has 0 saturated heterocycles. The van der Waals surface area contributed by atoms with Gasteiger partial charge in [0.25, 0.3) is 5.91 Å². The Morgan fingerprint density at radius 1 is 1.45 bits per heavy atom. The number of hydrogen-bond donors (Lipinski definition) is 3. The first kappa shape index (κ1) is 14.6. The van der Waals surface area contributed by atoms with Gasteiger partial charge in [-0.3, -0.25) is 4.79 Å². The van der Waals surface area contributed by atoms with Crippen molar-refractivity contribution >= 4 is 16.8 Å². The summed E-state index contributed by atoms with van der Waals surface area (Å²) >= 11 is 0. The highest BCUT2D eigenvalue weighted by molar-refractivity contribution is 5.98. The summed E-state index contributed by atoms with van der Waals surface area (Å²) in [4.78, 5) is 15.4. The highest BCUT2D eigenvalue weighted by Gasteiger charge is 2.26. The fourth-order valence-corrected chi connectivity index (χ4v) is 2.27. The molecular weight excluding hydrogens is 256 g/mol. The third-order valence-corrected chi connectivity index (χ3v) is 3.36. The standard InChI is InChI=1S/C15H20N2O3/c1-15(6-8-18,10-20-2)17-14(19)12-4-3-11-5-7-16-13(11)9-12/h3-5,7,9,16,18H,6,8,10H2,1-2H3,(H,17,19)/t15-/m0/s1. The van der Waals surface area contributed by atoms with Crippen LogP contribution < -0.4 is 5.32 Å². The van der Waals surface area contributed by atoms with Crippen LogP contribution in [0.2, 0.25) is 0 Å². The number of hydrogen-bond acceptors (Lipinski definition) is 3. The number of carbonyl (C=O) groups excluding carboxylic acids is 1. The van der Waals surface area contributed by atoms with Crippen molar-refractivity contribution in [3.63, 3.8) is 0 Å². The van der Waals surface area contributed by atoms with Gasteiger partial charge in [-0.15, -0.1) is 0 Å². The normalized spacial score (nSPS) is 14.2. The third-order valence-electron chi connectivity index (χ3n) is 3.36.